The molecule has 0 bridgehead atoms. The Labute approximate surface area is 144 Å². The van der Waals surface area contributed by atoms with Crippen LogP contribution < -0.4 is 0 Å². The Morgan fingerprint density at radius 3 is 2.62 bits per heavy atom. The van der Waals surface area contributed by atoms with Crippen LogP contribution in [0.3, 0.4) is 0 Å². The van der Waals surface area contributed by atoms with Crippen LogP contribution in [0.25, 0.3) is 11.0 Å². The van der Waals surface area contributed by atoms with Crippen molar-refractivity contribution in [3.63, 3.8) is 0 Å². The van der Waals surface area contributed by atoms with Crippen molar-refractivity contribution in [3.8, 4) is 0 Å². The minimum atomic E-state index is -3.35. The highest BCUT2D eigenvalue weighted by Gasteiger charge is 2.15. The lowest BCUT2D eigenvalue weighted by molar-refractivity contribution is 0.0785. The number of carbonyl (C=O) groups is 1. The van der Waals surface area contributed by atoms with E-state index in [-0.39, 0.29) is 10.8 Å². The van der Waals surface area contributed by atoms with E-state index in [0.29, 0.717) is 12.1 Å². The summed E-state index contributed by atoms with van der Waals surface area (Å²) in [5, 5.41) is 0. The van der Waals surface area contributed by atoms with Gasteiger partial charge in [0.25, 0.3) is 5.91 Å². The van der Waals surface area contributed by atoms with E-state index in [1.165, 1.54) is 12.1 Å². The van der Waals surface area contributed by atoms with Crippen LogP contribution in [0.15, 0.2) is 47.4 Å². The molecule has 0 fully saturated rings. The first-order valence-electron chi connectivity index (χ1n) is 7.11. The van der Waals surface area contributed by atoms with Gasteiger partial charge in [-0.25, -0.2) is 8.42 Å². The number of sulfone groups is 1. The van der Waals surface area contributed by atoms with Gasteiger partial charge in [0.1, 0.15) is 11.0 Å². The highest BCUT2D eigenvalue weighted by Crippen LogP contribution is 2.17. The first-order valence-corrected chi connectivity index (χ1v) is 9.73. The van der Waals surface area contributed by atoms with Gasteiger partial charge in [-0.15, -0.1) is 0 Å². The fraction of sp³-hybridized carbons (Fsp3) is 0.188. The number of fused-ring (bicyclic) bond motifs is 1. The molecule has 1 amide bonds. The zero-order chi connectivity index (χ0) is 17.3. The quantitative estimate of drug-likeness (QED) is 0.713. The predicted octanol–water partition coefficient (Wildman–Crippen LogP) is 2.37. The van der Waals surface area contributed by atoms with Crippen LogP contribution in [0.1, 0.15) is 15.9 Å². The third-order valence-corrected chi connectivity index (χ3v) is 5.26. The molecule has 24 heavy (non-hydrogen) atoms. The van der Waals surface area contributed by atoms with Gasteiger partial charge in [-0.05, 0) is 35.9 Å². The molecule has 3 aromatic rings. The van der Waals surface area contributed by atoms with Crippen LogP contribution in [0.4, 0.5) is 0 Å². The molecule has 2 aromatic carbocycles. The van der Waals surface area contributed by atoms with Crippen molar-refractivity contribution in [1.82, 2.24) is 13.6 Å². The van der Waals surface area contributed by atoms with Crippen molar-refractivity contribution >= 4 is 38.5 Å². The van der Waals surface area contributed by atoms with Gasteiger partial charge in [-0.3, -0.25) is 4.79 Å². The molecule has 0 aliphatic rings. The largest absolute Gasteiger partial charge is 0.337 e. The number of amides is 1. The van der Waals surface area contributed by atoms with Crippen LogP contribution >= 0.6 is 11.7 Å². The van der Waals surface area contributed by atoms with Crippen LogP contribution in [-0.4, -0.2) is 41.3 Å². The molecule has 0 N–H and O–H groups in total. The molecule has 0 spiro atoms. The Morgan fingerprint density at radius 1 is 1.12 bits per heavy atom. The van der Waals surface area contributed by atoms with Gasteiger partial charge < -0.3 is 4.90 Å². The van der Waals surface area contributed by atoms with Crippen LogP contribution in [0.2, 0.25) is 0 Å². The van der Waals surface area contributed by atoms with Gasteiger partial charge in [0.15, 0.2) is 9.84 Å². The fourth-order valence-corrected chi connectivity index (χ4v) is 3.54. The molecular weight excluding hydrogens is 346 g/mol. The monoisotopic (exact) mass is 361 g/mol. The van der Waals surface area contributed by atoms with Gasteiger partial charge in [0.2, 0.25) is 0 Å². The molecule has 124 valence electrons. The number of carbonyl (C=O) groups excluding carboxylic acids is 1. The second-order valence-corrected chi connectivity index (χ2v) is 8.09. The van der Waals surface area contributed by atoms with E-state index in [2.05, 4.69) is 8.75 Å². The molecule has 1 heterocycles. The highest BCUT2D eigenvalue weighted by molar-refractivity contribution is 7.90. The van der Waals surface area contributed by atoms with Crippen molar-refractivity contribution in [2.45, 2.75) is 11.4 Å². The smallest absolute Gasteiger partial charge is 0.253 e. The summed E-state index contributed by atoms with van der Waals surface area (Å²) in [4.78, 5) is 14.2. The summed E-state index contributed by atoms with van der Waals surface area (Å²) in [6.45, 7) is 0.398. The molecule has 0 atom stereocenters. The zero-order valence-corrected chi connectivity index (χ0v) is 14.8. The van der Waals surface area contributed by atoms with Gasteiger partial charge in [-0.2, -0.15) is 8.75 Å². The number of nitrogens with zero attached hydrogens (tertiary/aromatic N) is 3. The second kappa shape index (κ2) is 6.29. The minimum absolute atomic E-state index is 0.136. The summed E-state index contributed by atoms with van der Waals surface area (Å²) in [6, 6.07) is 11.7. The summed E-state index contributed by atoms with van der Waals surface area (Å²) in [5.74, 6) is -0.239. The third kappa shape index (κ3) is 3.44. The SMILES string of the molecule is CN(Cc1ccc2nsnc2c1)C(=O)c1cccc(S(C)(=O)=O)c1. The van der Waals surface area contributed by atoms with Gasteiger partial charge >= 0.3 is 0 Å². The molecule has 0 radical (unpaired) electrons. The normalized spacial score (nSPS) is 11.6. The maximum absolute atomic E-state index is 12.5. The molecule has 8 heteroatoms. The van der Waals surface area contributed by atoms with E-state index in [4.69, 9.17) is 0 Å². The number of rotatable bonds is 4. The van der Waals surface area contributed by atoms with Crippen molar-refractivity contribution < 1.29 is 13.2 Å². The summed E-state index contributed by atoms with van der Waals surface area (Å²) in [7, 11) is -1.67. The summed E-state index contributed by atoms with van der Waals surface area (Å²) >= 11 is 1.15. The Balaban J connectivity index is 1.81. The number of aromatic nitrogens is 2. The van der Waals surface area contributed by atoms with Crippen LogP contribution in [-0.2, 0) is 16.4 Å². The van der Waals surface area contributed by atoms with Crippen molar-refractivity contribution in [2.24, 2.45) is 0 Å². The molecule has 1 aromatic heterocycles. The van der Waals surface area contributed by atoms with E-state index in [1.807, 2.05) is 18.2 Å². The van der Waals surface area contributed by atoms with Crippen molar-refractivity contribution in [3.05, 3.63) is 53.6 Å². The second-order valence-electron chi connectivity index (χ2n) is 5.55. The number of benzene rings is 2. The van der Waals surface area contributed by atoms with E-state index in [0.717, 1.165) is 34.6 Å². The van der Waals surface area contributed by atoms with Gasteiger partial charge in [0.05, 0.1) is 16.6 Å². The Kier molecular flexibility index (Phi) is 4.33. The third-order valence-electron chi connectivity index (χ3n) is 3.59. The first kappa shape index (κ1) is 16.5. The molecule has 0 aliphatic carbocycles. The van der Waals surface area contributed by atoms with E-state index >= 15 is 0 Å². The molecule has 6 nitrogen and oxygen atoms in total. The fourth-order valence-electron chi connectivity index (χ4n) is 2.35. The average molecular weight is 361 g/mol. The molecular formula is C16H15N3O3S2. The summed E-state index contributed by atoms with van der Waals surface area (Å²) in [5.41, 5.74) is 2.91. The number of hydrogen-bond donors (Lipinski definition) is 0. The van der Waals surface area contributed by atoms with Crippen molar-refractivity contribution in [2.75, 3.05) is 13.3 Å². The lowest BCUT2D eigenvalue weighted by Gasteiger charge is -2.17. The molecule has 0 saturated heterocycles. The van der Waals surface area contributed by atoms with Gasteiger partial charge in [-0.1, -0.05) is 12.1 Å². The van der Waals surface area contributed by atoms with Gasteiger partial charge in [0, 0.05) is 25.4 Å². The lowest BCUT2D eigenvalue weighted by Crippen LogP contribution is -2.26. The lowest BCUT2D eigenvalue weighted by atomic mass is 10.1. The minimum Gasteiger partial charge on any atom is -0.337 e. The molecule has 0 aliphatic heterocycles. The van der Waals surface area contributed by atoms with Crippen LogP contribution in [0.5, 0.6) is 0 Å². The zero-order valence-electron chi connectivity index (χ0n) is 13.1. The van der Waals surface area contributed by atoms with Crippen molar-refractivity contribution in [1.29, 1.82) is 0 Å². The maximum atomic E-state index is 12.5. The summed E-state index contributed by atoms with van der Waals surface area (Å²) in [6.07, 6.45) is 1.12. The summed E-state index contributed by atoms with van der Waals surface area (Å²) < 4.78 is 31.6. The number of hydrogen-bond acceptors (Lipinski definition) is 6. The Hall–Kier alpha value is -2.32. The highest BCUT2D eigenvalue weighted by atomic mass is 32.2. The topological polar surface area (TPSA) is 80.2 Å². The first-order chi connectivity index (χ1) is 11.3. The van der Waals surface area contributed by atoms with Crippen LogP contribution in [0, 0.1) is 0 Å². The average Bonchev–Trinajstić information content (AvgIpc) is 3.01. The van der Waals surface area contributed by atoms with E-state index in [1.54, 1.807) is 24.1 Å². The van der Waals surface area contributed by atoms with E-state index in [9.17, 15) is 13.2 Å². The predicted molar refractivity (Wildman–Crippen MR) is 92.8 cm³/mol. The maximum Gasteiger partial charge on any atom is 0.253 e. The molecule has 0 saturated carbocycles. The Bertz CT molecular complexity index is 1010. The standard InChI is InChI=1S/C16H15N3O3S2/c1-19(10-11-6-7-14-15(8-11)18-23-17-14)16(20)12-4-3-5-13(9-12)24(2,21)22/h3-9H,10H2,1-2H3. The Morgan fingerprint density at radius 2 is 1.88 bits per heavy atom. The molecule has 3 rings (SSSR count). The van der Waals surface area contributed by atoms with E-state index < -0.39 is 9.84 Å². The molecule has 0 unspecified atom stereocenters.